The summed E-state index contributed by atoms with van der Waals surface area (Å²) in [6.45, 7) is 0. The monoisotopic (exact) mass is 304 g/mol. The maximum absolute atomic E-state index is 5.28. The van der Waals surface area contributed by atoms with E-state index in [0.29, 0.717) is 11.7 Å². The fourth-order valence-corrected chi connectivity index (χ4v) is 2.29. The summed E-state index contributed by atoms with van der Waals surface area (Å²) in [5.41, 5.74) is 1.72. The first-order valence-corrected chi connectivity index (χ1v) is 6.57. The molecule has 0 atom stereocenters. The summed E-state index contributed by atoms with van der Waals surface area (Å²) in [4.78, 5) is 8.77. The maximum Gasteiger partial charge on any atom is 0.230 e. The molecule has 90 valence electrons. The Hall–Kier alpha value is -1.69. The number of hydrogen-bond acceptors (Lipinski definition) is 4. The Morgan fingerprint density at radius 2 is 2.22 bits per heavy atom. The number of hydrogen-bond donors (Lipinski definition) is 0. The number of imidazole rings is 1. The molecule has 0 aliphatic heterocycles. The van der Waals surface area contributed by atoms with Gasteiger partial charge in [0.25, 0.3) is 0 Å². The Bertz CT molecular complexity index is 729. The second kappa shape index (κ2) is 3.65. The number of rotatable bonds is 2. The van der Waals surface area contributed by atoms with E-state index < -0.39 is 0 Å². The Morgan fingerprint density at radius 1 is 1.33 bits per heavy atom. The molecule has 4 rings (SSSR count). The summed E-state index contributed by atoms with van der Waals surface area (Å²) in [5, 5.41) is 4.04. The summed E-state index contributed by atoms with van der Waals surface area (Å²) < 4.78 is 8.21. The molecule has 3 aromatic heterocycles. The van der Waals surface area contributed by atoms with Crippen LogP contribution in [0.3, 0.4) is 0 Å². The van der Waals surface area contributed by atoms with Crippen LogP contribution in [0.15, 0.2) is 33.5 Å². The first-order valence-electron chi connectivity index (χ1n) is 5.78. The van der Waals surface area contributed by atoms with Gasteiger partial charge in [0.15, 0.2) is 0 Å². The van der Waals surface area contributed by atoms with Crippen molar-refractivity contribution in [3.8, 4) is 11.5 Å². The molecule has 3 aromatic rings. The Balaban J connectivity index is 1.86. The van der Waals surface area contributed by atoms with Crippen LogP contribution in [0.5, 0.6) is 0 Å². The number of fused-ring (bicyclic) bond motifs is 1. The largest absolute Gasteiger partial charge is 0.339 e. The number of nitrogens with zero attached hydrogens (tertiary/aromatic N) is 4. The molecule has 1 saturated carbocycles. The van der Waals surface area contributed by atoms with Crippen molar-refractivity contribution < 1.29 is 4.52 Å². The second-order valence-corrected chi connectivity index (χ2v) is 5.37. The van der Waals surface area contributed by atoms with Gasteiger partial charge in [0.05, 0.1) is 6.20 Å². The third-order valence-electron chi connectivity index (χ3n) is 3.07. The second-order valence-electron chi connectivity index (χ2n) is 4.45. The topological polar surface area (TPSA) is 56.2 Å². The Morgan fingerprint density at radius 3 is 3.06 bits per heavy atom. The summed E-state index contributed by atoms with van der Waals surface area (Å²) in [6.07, 6.45) is 6.02. The van der Waals surface area contributed by atoms with Gasteiger partial charge in [-0.15, -0.1) is 0 Å². The van der Waals surface area contributed by atoms with Crippen LogP contribution in [0.4, 0.5) is 0 Å². The van der Waals surface area contributed by atoms with Crippen molar-refractivity contribution in [2.24, 2.45) is 0 Å². The summed E-state index contributed by atoms with van der Waals surface area (Å²) in [7, 11) is 0. The predicted octanol–water partition coefficient (Wildman–Crippen LogP) is 3.02. The molecule has 0 amide bonds. The number of halogens is 1. The molecule has 0 bridgehead atoms. The minimum absolute atomic E-state index is 0.470. The molecule has 1 fully saturated rings. The van der Waals surface area contributed by atoms with Gasteiger partial charge < -0.3 is 4.52 Å². The van der Waals surface area contributed by atoms with Crippen LogP contribution in [0, 0.1) is 0 Å². The SMILES string of the molecule is Brc1ccc2ncc(-c3noc(C4CC4)n3)n2c1. The van der Waals surface area contributed by atoms with Gasteiger partial charge in [-0.1, -0.05) is 5.16 Å². The van der Waals surface area contributed by atoms with E-state index >= 15 is 0 Å². The normalized spacial score (nSPS) is 15.4. The Kier molecular flexibility index (Phi) is 2.08. The van der Waals surface area contributed by atoms with Gasteiger partial charge in [0, 0.05) is 16.6 Å². The zero-order valence-corrected chi connectivity index (χ0v) is 11.0. The highest BCUT2D eigenvalue weighted by Gasteiger charge is 2.30. The molecule has 0 spiro atoms. The quantitative estimate of drug-likeness (QED) is 0.730. The molecule has 0 N–H and O–H groups in total. The molecule has 0 unspecified atom stereocenters. The van der Waals surface area contributed by atoms with Crippen LogP contribution in [-0.2, 0) is 0 Å². The zero-order chi connectivity index (χ0) is 12.1. The van der Waals surface area contributed by atoms with E-state index in [-0.39, 0.29) is 0 Å². The lowest BCUT2D eigenvalue weighted by Gasteiger charge is -1.97. The fraction of sp³-hybridized carbons (Fsp3) is 0.250. The standard InChI is InChI=1S/C12H9BrN4O/c13-8-3-4-10-14-5-9(17(10)6-8)11-15-12(18-16-11)7-1-2-7/h3-7H,1-2H2. The van der Waals surface area contributed by atoms with Crippen LogP contribution < -0.4 is 0 Å². The maximum atomic E-state index is 5.28. The van der Waals surface area contributed by atoms with Gasteiger partial charge in [-0.2, -0.15) is 4.98 Å². The molecule has 18 heavy (non-hydrogen) atoms. The molecule has 3 heterocycles. The van der Waals surface area contributed by atoms with E-state index in [4.69, 9.17) is 4.52 Å². The van der Waals surface area contributed by atoms with Crippen molar-refractivity contribution in [2.75, 3.05) is 0 Å². The lowest BCUT2D eigenvalue weighted by atomic mass is 10.4. The van der Waals surface area contributed by atoms with Crippen molar-refractivity contribution in [1.29, 1.82) is 0 Å². The van der Waals surface area contributed by atoms with Crippen molar-refractivity contribution in [3.05, 3.63) is 34.9 Å². The minimum atomic E-state index is 0.470. The van der Waals surface area contributed by atoms with Gasteiger partial charge in [-0.05, 0) is 40.9 Å². The van der Waals surface area contributed by atoms with Crippen LogP contribution in [0.2, 0.25) is 0 Å². The van der Waals surface area contributed by atoms with Gasteiger partial charge in [0.1, 0.15) is 11.3 Å². The molecule has 1 aliphatic carbocycles. The molecular weight excluding hydrogens is 296 g/mol. The van der Waals surface area contributed by atoms with E-state index in [9.17, 15) is 0 Å². The average molecular weight is 305 g/mol. The van der Waals surface area contributed by atoms with Gasteiger partial charge in [-0.3, -0.25) is 4.40 Å². The van der Waals surface area contributed by atoms with Crippen LogP contribution >= 0.6 is 15.9 Å². The summed E-state index contributed by atoms with van der Waals surface area (Å²) >= 11 is 3.45. The van der Waals surface area contributed by atoms with E-state index in [0.717, 1.165) is 34.5 Å². The third-order valence-corrected chi connectivity index (χ3v) is 3.54. The van der Waals surface area contributed by atoms with Crippen molar-refractivity contribution in [1.82, 2.24) is 19.5 Å². The molecule has 5 nitrogen and oxygen atoms in total. The first-order chi connectivity index (χ1) is 8.81. The minimum Gasteiger partial charge on any atom is -0.339 e. The lowest BCUT2D eigenvalue weighted by molar-refractivity contribution is 0.380. The molecule has 0 saturated heterocycles. The van der Waals surface area contributed by atoms with Crippen LogP contribution in [0.1, 0.15) is 24.7 Å². The molecule has 1 aliphatic rings. The van der Waals surface area contributed by atoms with Crippen molar-refractivity contribution >= 4 is 21.6 Å². The van der Waals surface area contributed by atoms with Crippen LogP contribution in [-0.4, -0.2) is 19.5 Å². The average Bonchev–Trinajstić information content (AvgIpc) is 2.96. The zero-order valence-electron chi connectivity index (χ0n) is 9.38. The van der Waals surface area contributed by atoms with Crippen molar-refractivity contribution in [2.45, 2.75) is 18.8 Å². The van der Waals surface area contributed by atoms with Gasteiger partial charge in [0.2, 0.25) is 11.7 Å². The molecule has 0 radical (unpaired) electrons. The van der Waals surface area contributed by atoms with Crippen LogP contribution in [0.25, 0.3) is 17.2 Å². The predicted molar refractivity (Wildman–Crippen MR) is 68.2 cm³/mol. The highest BCUT2D eigenvalue weighted by molar-refractivity contribution is 9.10. The molecule has 0 aromatic carbocycles. The lowest BCUT2D eigenvalue weighted by Crippen LogP contribution is -1.89. The molecule has 6 heteroatoms. The van der Waals surface area contributed by atoms with E-state index in [2.05, 4.69) is 31.1 Å². The van der Waals surface area contributed by atoms with E-state index in [1.807, 2.05) is 22.7 Å². The summed E-state index contributed by atoms with van der Waals surface area (Å²) in [5.74, 6) is 1.81. The first kappa shape index (κ1) is 10.3. The Labute approximate surface area is 111 Å². The smallest absolute Gasteiger partial charge is 0.230 e. The molecular formula is C12H9BrN4O. The summed E-state index contributed by atoms with van der Waals surface area (Å²) in [6, 6.07) is 3.90. The van der Waals surface area contributed by atoms with E-state index in [1.54, 1.807) is 6.20 Å². The van der Waals surface area contributed by atoms with E-state index in [1.165, 1.54) is 0 Å². The number of pyridine rings is 1. The van der Waals surface area contributed by atoms with Gasteiger partial charge >= 0.3 is 0 Å². The van der Waals surface area contributed by atoms with Gasteiger partial charge in [-0.25, -0.2) is 4.98 Å². The fourth-order valence-electron chi connectivity index (χ4n) is 1.96. The highest BCUT2D eigenvalue weighted by Crippen LogP contribution is 2.39. The number of aromatic nitrogens is 4. The highest BCUT2D eigenvalue weighted by atomic mass is 79.9. The van der Waals surface area contributed by atoms with Crippen molar-refractivity contribution in [3.63, 3.8) is 0 Å². The third kappa shape index (κ3) is 1.56.